The molecule has 0 aromatic heterocycles. The Morgan fingerprint density at radius 3 is 2.41 bits per heavy atom. The average Bonchev–Trinajstić information content (AvgIpc) is 3.14. The number of benzene rings is 1. The van der Waals surface area contributed by atoms with E-state index in [1.165, 1.54) is 0 Å². The Labute approximate surface area is 190 Å². The minimum absolute atomic E-state index is 0.0261. The van der Waals surface area contributed by atoms with E-state index in [1.54, 1.807) is 37.8 Å². The Hall–Kier alpha value is -2.00. The highest BCUT2D eigenvalue weighted by atomic mass is 35.5. The molecule has 1 aromatic carbocycles. The average molecular weight is 477 g/mol. The van der Waals surface area contributed by atoms with E-state index in [-0.39, 0.29) is 19.1 Å². The summed E-state index contributed by atoms with van der Waals surface area (Å²) in [6.07, 6.45) is -3.90. The van der Waals surface area contributed by atoms with Crippen LogP contribution in [-0.2, 0) is 22.5 Å². The monoisotopic (exact) mass is 476 g/mol. The first-order chi connectivity index (χ1) is 14.6. The largest absolute Gasteiger partial charge is 0.444 e. The molecule has 32 heavy (non-hydrogen) atoms. The first kappa shape index (κ1) is 24.6. The number of hydrogen-bond acceptors (Lipinski definition) is 4. The van der Waals surface area contributed by atoms with Gasteiger partial charge in [-0.1, -0.05) is 11.6 Å². The smallest absolute Gasteiger partial charge is 0.426 e. The van der Waals surface area contributed by atoms with Crippen LogP contribution in [0.1, 0.15) is 63.3 Å². The highest BCUT2D eigenvalue weighted by Crippen LogP contribution is 2.40. The Kier molecular flexibility index (Phi) is 6.47. The van der Waals surface area contributed by atoms with Crippen LogP contribution in [-0.4, -0.2) is 57.4 Å². The third-order valence-electron chi connectivity index (χ3n) is 5.84. The van der Waals surface area contributed by atoms with Gasteiger partial charge in [-0.25, -0.2) is 4.79 Å². The number of alkyl halides is 3. The summed E-state index contributed by atoms with van der Waals surface area (Å²) < 4.78 is 45.2. The number of aliphatic hydroxyl groups is 1. The number of ether oxygens (including phenoxy) is 1. The minimum Gasteiger partial charge on any atom is -0.444 e. The lowest BCUT2D eigenvalue weighted by molar-refractivity contribution is -0.250. The lowest BCUT2D eigenvalue weighted by Crippen LogP contribution is -2.56. The number of hydrogen-bond donors (Lipinski definition) is 1. The van der Waals surface area contributed by atoms with Crippen LogP contribution in [0.3, 0.4) is 0 Å². The molecule has 2 amide bonds. The molecular weight excluding hydrogens is 449 g/mol. The number of fused-ring (bicyclic) bond motifs is 1. The Morgan fingerprint density at radius 2 is 1.81 bits per heavy atom. The second-order valence-electron chi connectivity index (χ2n) is 9.51. The number of carbonyl (C=O) groups excluding carboxylic acids is 2. The summed E-state index contributed by atoms with van der Waals surface area (Å²) in [5.41, 5.74) is -1.98. The summed E-state index contributed by atoms with van der Waals surface area (Å²) in [5.74, 6) is -1.40. The maximum atomic E-state index is 13.2. The molecule has 178 valence electrons. The third kappa shape index (κ3) is 4.83. The molecule has 0 unspecified atom stereocenters. The standard InChI is InChI=1S/C22H28ClF3N2O4/c1-20(2,3)32-19(30)28-8-5-6-17(28)15-11-14(23)10-13-7-9-27(12-16(13)15)18(29)21(4,31)22(24,25)26/h10-11,17,31H,5-9,12H2,1-4H3/t17-,21-/m0/s1. The summed E-state index contributed by atoms with van der Waals surface area (Å²) in [6, 6.07) is 3.07. The van der Waals surface area contributed by atoms with E-state index in [2.05, 4.69) is 0 Å². The molecule has 1 fully saturated rings. The van der Waals surface area contributed by atoms with Crippen molar-refractivity contribution in [2.24, 2.45) is 0 Å². The van der Waals surface area contributed by atoms with E-state index in [0.29, 0.717) is 42.5 Å². The van der Waals surface area contributed by atoms with E-state index in [9.17, 15) is 27.9 Å². The topological polar surface area (TPSA) is 70.1 Å². The van der Waals surface area contributed by atoms with E-state index >= 15 is 0 Å². The Balaban J connectivity index is 1.94. The molecule has 0 saturated carbocycles. The summed E-state index contributed by atoms with van der Waals surface area (Å²) >= 11 is 6.32. The second-order valence-corrected chi connectivity index (χ2v) is 9.95. The van der Waals surface area contributed by atoms with Crippen molar-refractivity contribution in [1.82, 2.24) is 9.80 Å². The van der Waals surface area contributed by atoms with Gasteiger partial charge in [0.2, 0.25) is 5.60 Å². The van der Waals surface area contributed by atoms with Crippen LogP contribution in [0, 0.1) is 0 Å². The molecule has 2 atom stereocenters. The van der Waals surface area contributed by atoms with E-state index < -0.39 is 29.4 Å². The quantitative estimate of drug-likeness (QED) is 0.676. The van der Waals surface area contributed by atoms with Crippen LogP contribution in [0.15, 0.2) is 12.1 Å². The molecule has 2 aliphatic rings. The van der Waals surface area contributed by atoms with Crippen LogP contribution in [0.2, 0.25) is 5.02 Å². The van der Waals surface area contributed by atoms with Crippen molar-refractivity contribution in [3.63, 3.8) is 0 Å². The fourth-order valence-electron chi connectivity index (χ4n) is 4.19. The van der Waals surface area contributed by atoms with Gasteiger partial charge in [0, 0.05) is 24.7 Å². The van der Waals surface area contributed by atoms with E-state index in [4.69, 9.17) is 16.3 Å². The SMILES string of the molecule is CC(C)(C)OC(=O)N1CCC[C@H]1c1cc(Cl)cc2c1CN(C(=O)[C@](C)(O)C(F)(F)F)CC2. The molecule has 1 saturated heterocycles. The normalized spacial score (nSPS) is 21.2. The van der Waals surface area contributed by atoms with Crippen molar-refractivity contribution in [3.05, 3.63) is 33.8 Å². The Bertz CT molecular complexity index is 912. The molecule has 1 aromatic rings. The predicted octanol–water partition coefficient (Wildman–Crippen LogP) is 4.61. The van der Waals surface area contributed by atoms with Gasteiger partial charge in [-0.05, 0) is 75.8 Å². The van der Waals surface area contributed by atoms with Crippen LogP contribution >= 0.6 is 11.6 Å². The molecule has 2 aliphatic heterocycles. The van der Waals surface area contributed by atoms with Crippen molar-refractivity contribution < 1.29 is 32.6 Å². The molecular formula is C22H28ClF3N2O4. The summed E-state index contributed by atoms with van der Waals surface area (Å²) in [4.78, 5) is 27.9. The molecule has 6 nitrogen and oxygen atoms in total. The summed E-state index contributed by atoms with van der Waals surface area (Å²) in [5, 5.41) is 10.3. The zero-order valence-corrected chi connectivity index (χ0v) is 19.3. The number of rotatable bonds is 2. The number of carbonyl (C=O) groups is 2. The van der Waals surface area contributed by atoms with Gasteiger partial charge >= 0.3 is 12.3 Å². The number of likely N-dealkylation sites (tertiary alicyclic amines) is 1. The molecule has 10 heteroatoms. The highest BCUT2D eigenvalue weighted by Gasteiger charge is 2.57. The van der Waals surface area contributed by atoms with Crippen molar-refractivity contribution >= 4 is 23.6 Å². The summed E-state index contributed by atoms with van der Waals surface area (Å²) in [6.45, 7) is 6.18. The maximum absolute atomic E-state index is 13.2. The molecule has 0 aliphatic carbocycles. The molecule has 1 N–H and O–H groups in total. The van der Waals surface area contributed by atoms with Crippen LogP contribution in [0.5, 0.6) is 0 Å². The molecule has 3 rings (SSSR count). The van der Waals surface area contributed by atoms with Crippen molar-refractivity contribution in [2.75, 3.05) is 13.1 Å². The van der Waals surface area contributed by atoms with Gasteiger partial charge in [0.1, 0.15) is 5.60 Å². The second kappa shape index (κ2) is 8.41. The number of nitrogens with zero attached hydrogens (tertiary/aromatic N) is 2. The van der Waals surface area contributed by atoms with Gasteiger partial charge in [0.15, 0.2) is 0 Å². The predicted molar refractivity (Wildman–Crippen MR) is 112 cm³/mol. The lowest BCUT2D eigenvalue weighted by atomic mass is 9.89. The lowest BCUT2D eigenvalue weighted by Gasteiger charge is -2.37. The molecule has 0 bridgehead atoms. The molecule has 0 spiro atoms. The Morgan fingerprint density at radius 1 is 1.16 bits per heavy atom. The van der Waals surface area contributed by atoms with Gasteiger partial charge in [0.05, 0.1) is 6.04 Å². The number of amides is 2. The molecule has 2 heterocycles. The maximum Gasteiger partial charge on any atom is 0.426 e. The van der Waals surface area contributed by atoms with Gasteiger partial charge in [-0.2, -0.15) is 13.2 Å². The third-order valence-corrected chi connectivity index (χ3v) is 6.06. The number of halogens is 4. The van der Waals surface area contributed by atoms with E-state index in [0.717, 1.165) is 16.9 Å². The minimum atomic E-state index is -5.09. The van der Waals surface area contributed by atoms with Gasteiger partial charge in [-0.15, -0.1) is 0 Å². The van der Waals surface area contributed by atoms with Gasteiger partial charge < -0.3 is 19.6 Å². The van der Waals surface area contributed by atoms with Gasteiger partial charge in [-0.3, -0.25) is 4.79 Å². The van der Waals surface area contributed by atoms with Crippen molar-refractivity contribution in [3.8, 4) is 0 Å². The first-order valence-electron chi connectivity index (χ1n) is 10.5. The van der Waals surface area contributed by atoms with E-state index in [1.807, 2.05) is 0 Å². The van der Waals surface area contributed by atoms with Crippen LogP contribution in [0.4, 0.5) is 18.0 Å². The molecule has 0 radical (unpaired) electrons. The first-order valence-corrected chi connectivity index (χ1v) is 10.9. The van der Waals surface area contributed by atoms with Crippen LogP contribution in [0.25, 0.3) is 0 Å². The van der Waals surface area contributed by atoms with Crippen molar-refractivity contribution in [2.45, 2.75) is 76.9 Å². The fraction of sp³-hybridized carbons (Fsp3) is 0.636. The summed E-state index contributed by atoms with van der Waals surface area (Å²) in [7, 11) is 0. The fourth-order valence-corrected chi connectivity index (χ4v) is 4.44. The van der Waals surface area contributed by atoms with Crippen molar-refractivity contribution in [1.29, 1.82) is 0 Å². The van der Waals surface area contributed by atoms with Crippen LogP contribution < -0.4 is 0 Å². The zero-order valence-electron chi connectivity index (χ0n) is 18.6. The zero-order chi connectivity index (χ0) is 24.1. The highest BCUT2D eigenvalue weighted by molar-refractivity contribution is 6.30. The van der Waals surface area contributed by atoms with Gasteiger partial charge in [0.25, 0.3) is 5.91 Å².